The van der Waals surface area contributed by atoms with E-state index in [4.69, 9.17) is 18.5 Å². The third-order valence-corrected chi connectivity index (χ3v) is 8.50. The molecule has 0 amide bonds. The van der Waals surface area contributed by atoms with Gasteiger partial charge in [0.25, 0.3) is 7.82 Å². The van der Waals surface area contributed by atoms with Gasteiger partial charge in [-0.05, 0) is 38.5 Å². The third kappa shape index (κ3) is 32.5. The van der Waals surface area contributed by atoms with Gasteiger partial charge in [0, 0.05) is 12.8 Å². The Morgan fingerprint density at radius 1 is 0.667 bits per heavy atom. The van der Waals surface area contributed by atoms with Crippen LogP contribution in [0.15, 0.2) is 12.2 Å². The average Bonchev–Trinajstić information content (AvgIpc) is 2.97. The molecule has 0 aromatic carbocycles. The monoisotopic (exact) mass is 661 g/mol. The number of nitrogens with zero attached hydrogens (tertiary/aromatic N) is 1. The van der Waals surface area contributed by atoms with Gasteiger partial charge in [-0.3, -0.25) is 14.2 Å². The standard InChI is InChI=1S/C35H68NO8P/c1-6-8-10-12-14-16-17-18-20-22-24-26-28-35(38)44-33(32-43-45(39,40)42-30-29-36(3,4)5)31-41-34(37)27-25-23-21-19-15-13-11-9-7-2/h14,16,33H,6-13,15,17-32H2,1-5H3/b16-14-. The second kappa shape index (κ2) is 28.9. The van der Waals surface area contributed by atoms with Crippen LogP contribution in [0.2, 0.25) is 0 Å². The Bertz CT molecular complexity index is 799. The fourth-order valence-electron chi connectivity index (χ4n) is 4.65. The Labute approximate surface area is 276 Å². The van der Waals surface area contributed by atoms with Gasteiger partial charge in [0.2, 0.25) is 0 Å². The van der Waals surface area contributed by atoms with Crippen molar-refractivity contribution >= 4 is 19.8 Å². The van der Waals surface area contributed by atoms with E-state index < -0.39 is 26.5 Å². The summed E-state index contributed by atoms with van der Waals surface area (Å²) in [6, 6.07) is 0. The van der Waals surface area contributed by atoms with Crippen molar-refractivity contribution in [2.24, 2.45) is 0 Å². The first-order valence-electron chi connectivity index (χ1n) is 17.9. The van der Waals surface area contributed by atoms with Gasteiger partial charge < -0.3 is 27.9 Å². The highest BCUT2D eigenvalue weighted by atomic mass is 31.2. The molecule has 0 N–H and O–H groups in total. The number of phosphoric ester groups is 1. The van der Waals surface area contributed by atoms with Crippen LogP contribution in [-0.2, 0) is 32.7 Å². The van der Waals surface area contributed by atoms with Crippen LogP contribution in [0.5, 0.6) is 0 Å². The summed E-state index contributed by atoms with van der Waals surface area (Å²) in [7, 11) is 1.16. The van der Waals surface area contributed by atoms with Gasteiger partial charge in [-0.2, -0.15) is 0 Å². The molecule has 0 spiro atoms. The van der Waals surface area contributed by atoms with Crippen molar-refractivity contribution < 1.29 is 42.1 Å². The fraction of sp³-hybridized carbons (Fsp3) is 0.886. The minimum atomic E-state index is -4.61. The molecule has 10 heteroatoms. The predicted molar refractivity (Wildman–Crippen MR) is 181 cm³/mol. The van der Waals surface area contributed by atoms with Crippen LogP contribution in [0.1, 0.15) is 149 Å². The number of ether oxygens (including phenoxy) is 2. The van der Waals surface area contributed by atoms with E-state index >= 15 is 0 Å². The largest absolute Gasteiger partial charge is 0.756 e. The number of likely N-dealkylation sites (N-methyl/N-ethyl adjacent to an activating group) is 1. The van der Waals surface area contributed by atoms with Crippen molar-refractivity contribution in [2.45, 2.75) is 155 Å². The topological polar surface area (TPSA) is 111 Å². The maximum absolute atomic E-state index is 12.5. The summed E-state index contributed by atoms with van der Waals surface area (Å²) in [5, 5.41) is 0. The number of unbranched alkanes of at least 4 members (excludes halogenated alkanes) is 16. The van der Waals surface area contributed by atoms with Gasteiger partial charge in [0.05, 0.1) is 27.7 Å². The van der Waals surface area contributed by atoms with Gasteiger partial charge in [-0.1, -0.05) is 109 Å². The Morgan fingerprint density at radius 2 is 1.13 bits per heavy atom. The van der Waals surface area contributed by atoms with Gasteiger partial charge >= 0.3 is 11.9 Å². The molecule has 0 saturated carbocycles. The Balaban J connectivity index is 4.49. The number of carbonyl (C=O) groups is 2. The van der Waals surface area contributed by atoms with E-state index in [-0.39, 0.29) is 32.0 Å². The van der Waals surface area contributed by atoms with Crippen molar-refractivity contribution in [3.63, 3.8) is 0 Å². The zero-order valence-corrected chi connectivity index (χ0v) is 30.5. The minimum absolute atomic E-state index is 0.0301. The molecule has 9 nitrogen and oxygen atoms in total. The van der Waals surface area contributed by atoms with Gasteiger partial charge in [-0.25, -0.2) is 0 Å². The van der Waals surface area contributed by atoms with Crippen molar-refractivity contribution in [3.8, 4) is 0 Å². The van der Waals surface area contributed by atoms with Crippen LogP contribution in [0.3, 0.4) is 0 Å². The zero-order valence-electron chi connectivity index (χ0n) is 29.6. The number of hydrogen-bond acceptors (Lipinski definition) is 8. The molecule has 0 fully saturated rings. The molecule has 0 radical (unpaired) electrons. The average molecular weight is 662 g/mol. The second-order valence-electron chi connectivity index (χ2n) is 13.2. The fourth-order valence-corrected chi connectivity index (χ4v) is 5.38. The van der Waals surface area contributed by atoms with Crippen LogP contribution >= 0.6 is 7.82 Å². The smallest absolute Gasteiger partial charge is 0.306 e. The lowest BCUT2D eigenvalue weighted by atomic mass is 10.1. The lowest BCUT2D eigenvalue weighted by molar-refractivity contribution is -0.870. The van der Waals surface area contributed by atoms with E-state index in [1.165, 1.54) is 57.8 Å². The van der Waals surface area contributed by atoms with E-state index in [0.29, 0.717) is 17.4 Å². The molecule has 0 saturated heterocycles. The van der Waals surface area contributed by atoms with E-state index in [1.54, 1.807) is 0 Å². The molecular weight excluding hydrogens is 593 g/mol. The summed E-state index contributed by atoms with van der Waals surface area (Å²) in [5.74, 6) is -0.848. The number of allylic oxidation sites excluding steroid dienone is 2. The van der Waals surface area contributed by atoms with Crippen molar-refractivity contribution in [1.82, 2.24) is 0 Å². The first-order valence-corrected chi connectivity index (χ1v) is 19.4. The number of rotatable bonds is 32. The highest BCUT2D eigenvalue weighted by molar-refractivity contribution is 7.45. The zero-order chi connectivity index (χ0) is 33.7. The number of quaternary nitrogens is 1. The van der Waals surface area contributed by atoms with E-state index in [1.807, 2.05) is 21.1 Å². The summed E-state index contributed by atoms with van der Waals surface area (Å²) in [6.45, 7) is 4.15. The number of hydrogen-bond donors (Lipinski definition) is 0. The van der Waals surface area contributed by atoms with Gasteiger partial charge in [-0.15, -0.1) is 0 Å². The van der Waals surface area contributed by atoms with Crippen LogP contribution in [0.25, 0.3) is 0 Å². The summed E-state index contributed by atoms with van der Waals surface area (Å²) >= 11 is 0. The van der Waals surface area contributed by atoms with Gasteiger partial charge in [0.15, 0.2) is 6.10 Å². The predicted octanol–water partition coefficient (Wildman–Crippen LogP) is 8.44. The van der Waals surface area contributed by atoms with Crippen molar-refractivity contribution in [1.29, 1.82) is 0 Å². The molecule has 0 aliphatic rings. The molecule has 0 bridgehead atoms. The first kappa shape index (κ1) is 43.8. The molecule has 0 rings (SSSR count). The van der Waals surface area contributed by atoms with E-state index in [0.717, 1.165) is 57.8 Å². The molecule has 0 aliphatic heterocycles. The van der Waals surface area contributed by atoms with Crippen molar-refractivity contribution in [2.75, 3.05) is 47.5 Å². The lowest BCUT2D eigenvalue weighted by Crippen LogP contribution is -2.37. The molecular formula is C35H68NO8P. The molecule has 0 aliphatic carbocycles. The summed E-state index contributed by atoms with van der Waals surface area (Å²) in [4.78, 5) is 37.1. The summed E-state index contributed by atoms with van der Waals surface area (Å²) < 4.78 is 33.6. The first-order chi connectivity index (χ1) is 21.5. The number of carbonyl (C=O) groups excluding carboxylic acids is 2. The van der Waals surface area contributed by atoms with Crippen LogP contribution < -0.4 is 4.89 Å². The molecule has 2 atom stereocenters. The summed E-state index contributed by atoms with van der Waals surface area (Å²) in [5.41, 5.74) is 0. The second-order valence-corrected chi connectivity index (χ2v) is 14.6. The van der Waals surface area contributed by atoms with Gasteiger partial charge in [0.1, 0.15) is 19.8 Å². The van der Waals surface area contributed by atoms with Crippen molar-refractivity contribution in [3.05, 3.63) is 12.2 Å². The molecule has 0 heterocycles. The molecule has 0 aromatic rings. The van der Waals surface area contributed by atoms with E-state index in [9.17, 15) is 19.0 Å². The Kier molecular flexibility index (Phi) is 28.1. The van der Waals surface area contributed by atoms with Crippen LogP contribution in [0, 0.1) is 0 Å². The highest BCUT2D eigenvalue weighted by Crippen LogP contribution is 2.38. The lowest BCUT2D eigenvalue weighted by Gasteiger charge is -2.28. The third-order valence-electron chi connectivity index (χ3n) is 7.54. The minimum Gasteiger partial charge on any atom is -0.756 e. The maximum Gasteiger partial charge on any atom is 0.306 e. The molecule has 2 unspecified atom stereocenters. The SMILES string of the molecule is CCCCC/C=C\CCCCCCCC(=O)OC(COC(=O)CCCCCCCCCCC)COP(=O)([O-])OCC[N+](C)(C)C. The number of phosphoric acid groups is 1. The van der Waals surface area contributed by atoms with Crippen LogP contribution in [0.4, 0.5) is 0 Å². The Hall–Kier alpha value is -1.25. The normalized spacial score (nSPS) is 14.0. The molecule has 0 aromatic heterocycles. The number of esters is 2. The Morgan fingerprint density at radius 3 is 1.69 bits per heavy atom. The van der Waals surface area contributed by atoms with E-state index in [2.05, 4.69) is 26.0 Å². The van der Waals surface area contributed by atoms with Crippen LogP contribution in [-0.4, -0.2) is 70.0 Å². The summed E-state index contributed by atoms with van der Waals surface area (Å²) in [6.07, 6.45) is 25.3. The molecule has 266 valence electrons. The maximum atomic E-state index is 12.5. The quantitative estimate of drug-likeness (QED) is 0.0232. The highest BCUT2D eigenvalue weighted by Gasteiger charge is 2.21. The molecule has 45 heavy (non-hydrogen) atoms.